The van der Waals surface area contributed by atoms with Gasteiger partial charge < -0.3 is 15.2 Å². The standard InChI is InChI=1S/C15H22N4/c1-5-16-10-14-17-11(2)15(18-14)12-6-8-13(9-7-12)19(3)4/h6-9,16H,5,10H2,1-4H3,(H,17,18). The van der Waals surface area contributed by atoms with Gasteiger partial charge in [0.15, 0.2) is 0 Å². The molecule has 0 radical (unpaired) electrons. The van der Waals surface area contributed by atoms with E-state index in [4.69, 9.17) is 0 Å². The first-order chi connectivity index (χ1) is 9.11. The molecule has 0 aliphatic heterocycles. The number of nitrogens with zero attached hydrogens (tertiary/aromatic N) is 2. The molecular weight excluding hydrogens is 236 g/mol. The lowest BCUT2D eigenvalue weighted by atomic mass is 10.1. The first-order valence-electron chi connectivity index (χ1n) is 6.65. The molecular formula is C15H22N4. The van der Waals surface area contributed by atoms with Crippen LogP contribution >= 0.6 is 0 Å². The molecule has 0 saturated carbocycles. The van der Waals surface area contributed by atoms with Crippen LogP contribution in [0, 0.1) is 6.92 Å². The van der Waals surface area contributed by atoms with Crippen LogP contribution in [-0.4, -0.2) is 30.6 Å². The van der Waals surface area contributed by atoms with Gasteiger partial charge in [0.1, 0.15) is 5.82 Å². The van der Waals surface area contributed by atoms with E-state index in [-0.39, 0.29) is 0 Å². The first kappa shape index (κ1) is 13.6. The van der Waals surface area contributed by atoms with Crippen LogP contribution in [0.15, 0.2) is 24.3 Å². The van der Waals surface area contributed by atoms with Gasteiger partial charge in [-0.05, 0) is 25.6 Å². The van der Waals surface area contributed by atoms with Gasteiger partial charge in [0, 0.05) is 31.0 Å². The molecule has 4 heteroatoms. The van der Waals surface area contributed by atoms with Crippen LogP contribution in [0.5, 0.6) is 0 Å². The van der Waals surface area contributed by atoms with Crippen LogP contribution in [0.3, 0.4) is 0 Å². The van der Waals surface area contributed by atoms with E-state index in [1.807, 2.05) is 14.1 Å². The van der Waals surface area contributed by atoms with Crippen molar-refractivity contribution in [2.24, 2.45) is 0 Å². The maximum Gasteiger partial charge on any atom is 0.121 e. The number of hydrogen-bond acceptors (Lipinski definition) is 3. The molecule has 1 aromatic heterocycles. The maximum atomic E-state index is 4.66. The van der Waals surface area contributed by atoms with Gasteiger partial charge in [-0.15, -0.1) is 0 Å². The topological polar surface area (TPSA) is 44.0 Å². The second-order valence-corrected chi connectivity index (χ2v) is 4.88. The van der Waals surface area contributed by atoms with Crippen molar-refractivity contribution in [3.8, 4) is 11.3 Å². The number of aromatic amines is 1. The number of benzene rings is 1. The SMILES string of the molecule is CCNCc1nc(-c2ccc(N(C)C)cc2)c(C)[nH]1. The third-order valence-corrected chi connectivity index (χ3v) is 3.13. The third-order valence-electron chi connectivity index (χ3n) is 3.13. The zero-order chi connectivity index (χ0) is 13.8. The number of aromatic nitrogens is 2. The van der Waals surface area contributed by atoms with Crippen LogP contribution in [0.2, 0.25) is 0 Å². The molecule has 0 bridgehead atoms. The molecule has 2 aromatic rings. The van der Waals surface area contributed by atoms with E-state index >= 15 is 0 Å². The largest absolute Gasteiger partial charge is 0.378 e. The Balaban J connectivity index is 2.23. The van der Waals surface area contributed by atoms with E-state index < -0.39 is 0 Å². The monoisotopic (exact) mass is 258 g/mol. The molecule has 19 heavy (non-hydrogen) atoms. The highest BCUT2D eigenvalue weighted by molar-refractivity contribution is 5.65. The highest BCUT2D eigenvalue weighted by Gasteiger charge is 2.08. The molecule has 0 unspecified atom stereocenters. The first-order valence-corrected chi connectivity index (χ1v) is 6.65. The second kappa shape index (κ2) is 5.89. The van der Waals surface area contributed by atoms with E-state index in [1.165, 1.54) is 5.69 Å². The summed E-state index contributed by atoms with van der Waals surface area (Å²) in [6.45, 7) is 5.90. The normalized spacial score (nSPS) is 10.7. The molecule has 102 valence electrons. The number of H-pyrrole nitrogens is 1. The van der Waals surface area contributed by atoms with Crippen molar-refractivity contribution >= 4 is 5.69 Å². The summed E-state index contributed by atoms with van der Waals surface area (Å²) in [4.78, 5) is 10.1. The number of imidazole rings is 1. The predicted octanol–water partition coefficient (Wildman–Crippen LogP) is 2.56. The van der Waals surface area contributed by atoms with Crippen molar-refractivity contribution in [2.45, 2.75) is 20.4 Å². The van der Waals surface area contributed by atoms with Gasteiger partial charge in [0.2, 0.25) is 0 Å². The number of anilines is 1. The zero-order valence-electron chi connectivity index (χ0n) is 12.1. The number of aryl methyl sites for hydroxylation is 1. The number of nitrogens with one attached hydrogen (secondary N) is 2. The molecule has 0 aliphatic carbocycles. The van der Waals surface area contributed by atoms with Crippen LogP contribution in [0.4, 0.5) is 5.69 Å². The minimum atomic E-state index is 0.785. The number of hydrogen-bond donors (Lipinski definition) is 2. The van der Waals surface area contributed by atoms with Crippen LogP contribution in [0.25, 0.3) is 11.3 Å². The summed E-state index contributed by atoms with van der Waals surface area (Å²) in [5, 5.41) is 3.28. The van der Waals surface area contributed by atoms with Crippen LogP contribution in [-0.2, 0) is 6.54 Å². The molecule has 0 spiro atoms. The maximum absolute atomic E-state index is 4.66. The van der Waals surface area contributed by atoms with Crippen LogP contribution in [0.1, 0.15) is 18.4 Å². The molecule has 0 fully saturated rings. The van der Waals surface area contributed by atoms with E-state index in [0.29, 0.717) is 0 Å². The van der Waals surface area contributed by atoms with Crippen molar-refractivity contribution in [1.29, 1.82) is 0 Å². The molecule has 2 N–H and O–H groups in total. The van der Waals surface area contributed by atoms with Crippen molar-refractivity contribution in [1.82, 2.24) is 15.3 Å². The van der Waals surface area contributed by atoms with E-state index in [2.05, 4.69) is 58.3 Å². The van der Waals surface area contributed by atoms with Gasteiger partial charge in [0.05, 0.1) is 12.2 Å². The molecule has 0 saturated heterocycles. The Hall–Kier alpha value is -1.81. The zero-order valence-corrected chi connectivity index (χ0v) is 12.1. The van der Waals surface area contributed by atoms with E-state index in [9.17, 15) is 0 Å². The summed E-state index contributed by atoms with van der Waals surface area (Å²) in [6, 6.07) is 8.48. The van der Waals surface area contributed by atoms with Gasteiger partial charge in [-0.25, -0.2) is 4.98 Å². The minimum absolute atomic E-state index is 0.785. The fourth-order valence-corrected chi connectivity index (χ4v) is 2.05. The molecule has 4 nitrogen and oxygen atoms in total. The minimum Gasteiger partial charge on any atom is -0.378 e. The van der Waals surface area contributed by atoms with E-state index in [1.54, 1.807) is 0 Å². The highest BCUT2D eigenvalue weighted by atomic mass is 15.1. The lowest BCUT2D eigenvalue weighted by molar-refractivity contribution is 0.697. The lowest BCUT2D eigenvalue weighted by Gasteiger charge is -2.12. The van der Waals surface area contributed by atoms with Crippen molar-refractivity contribution in [2.75, 3.05) is 25.5 Å². The van der Waals surface area contributed by atoms with Gasteiger partial charge in [0.25, 0.3) is 0 Å². The van der Waals surface area contributed by atoms with Crippen LogP contribution < -0.4 is 10.2 Å². The average molecular weight is 258 g/mol. The summed E-state index contributed by atoms with van der Waals surface area (Å²) in [5.41, 5.74) is 4.51. The quantitative estimate of drug-likeness (QED) is 0.866. The molecule has 1 heterocycles. The predicted molar refractivity (Wildman–Crippen MR) is 80.5 cm³/mol. The van der Waals surface area contributed by atoms with Gasteiger partial charge in [-0.1, -0.05) is 19.1 Å². The summed E-state index contributed by atoms with van der Waals surface area (Å²) in [6.07, 6.45) is 0. The smallest absolute Gasteiger partial charge is 0.121 e. The molecule has 0 amide bonds. The molecule has 0 atom stereocenters. The van der Waals surface area contributed by atoms with E-state index in [0.717, 1.165) is 35.9 Å². The fraction of sp³-hybridized carbons (Fsp3) is 0.400. The Labute approximate surface area is 114 Å². The second-order valence-electron chi connectivity index (χ2n) is 4.88. The summed E-state index contributed by atoms with van der Waals surface area (Å²) in [5.74, 6) is 0.992. The summed E-state index contributed by atoms with van der Waals surface area (Å²) >= 11 is 0. The number of rotatable bonds is 5. The Morgan fingerprint density at radius 1 is 1.21 bits per heavy atom. The lowest BCUT2D eigenvalue weighted by Crippen LogP contribution is -2.12. The van der Waals surface area contributed by atoms with Crippen molar-refractivity contribution < 1.29 is 0 Å². The summed E-state index contributed by atoms with van der Waals surface area (Å²) in [7, 11) is 4.09. The van der Waals surface area contributed by atoms with Gasteiger partial charge >= 0.3 is 0 Å². The third kappa shape index (κ3) is 3.15. The highest BCUT2D eigenvalue weighted by Crippen LogP contribution is 2.23. The van der Waals surface area contributed by atoms with Crippen molar-refractivity contribution in [3.05, 3.63) is 35.8 Å². The Morgan fingerprint density at radius 3 is 2.47 bits per heavy atom. The molecule has 0 aliphatic rings. The Bertz CT molecular complexity index is 526. The summed E-state index contributed by atoms with van der Waals surface area (Å²) < 4.78 is 0. The van der Waals surface area contributed by atoms with Gasteiger partial charge in [-0.2, -0.15) is 0 Å². The average Bonchev–Trinajstić information content (AvgIpc) is 2.77. The Kier molecular flexibility index (Phi) is 4.22. The van der Waals surface area contributed by atoms with Gasteiger partial charge in [-0.3, -0.25) is 0 Å². The Morgan fingerprint density at radius 2 is 1.89 bits per heavy atom. The fourth-order valence-electron chi connectivity index (χ4n) is 2.05. The molecule has 2 rings (SSSR count). The van der Waals surface area contributed by atoms with Crippen molar-refractivity contribution in [3.63, 3.8) is 0 Å². The molecule has 1 aromatic carbocycles.